The number of ether oxygens (including phenoxy) is 2. The molecular weight excluding hydrogens is 380 g/mol. The lowest BCUT2D eigenvalue weighted by molar-refractivity contribution is 0.0843. The van der Waals surface area contributed by atoms with E-state index in [1.807, 2.05) is 48.5 Å². The van der Waals surface area contributed by atoms with E-state index in [2.05, 4.69) is 10.9 Å². The molecule has 30 heavy (non-hydrogen) atoms. The predicted molar refractivity (Wildman–Crippen MR) is 116 cm³/mol. The summed E-state index contributed by atoms with van der Waals surface area (Å²) in [6.07, 6.45) is 0. The number of amides is 2. The normalized spacial score (nSPS) is 10.6. The van der Waals surface area contributed by atoms with Crippen LogP contribution in [0, 0.1) is 0 Å². The number of carbonyl (C=O) groups is 2. The van der Waals surface area contributed by atoms with Crippen molar-refractivity contribution in [3.63, 3.8) is 0 Å². The summed E-state index contributed by atoms with van der Waals surface area (Å²) in [5.41, 5.74) is 5.57. The van der Waals surface area contributed by atoms with Gasteiger partial charge in [-0.15, -0.1) is 0 Å². The first-order valence-electron chi connectivity index (χ1n) is 9.35. The van der Waals surface area contributed by atoms with Crippen LogP contribution in [0.5, 0.6) is 11.5 Å². The molecule has 0 heterocycles. The third-order valence-corrected chi connectivity index (χ3v) is 4.91. The van der Waals surface area contributed by atoms with E-state index in [-0.39, 0.29) is 0 Å². The van der Waals surface area contributed by atoms with E-state index in [1.165, 1.54) is 14.2 Å². The van der Waals surface area contributed by atoms with Crippen LogP contribution in [-0.4, -0.2) is 26.0 Å². The summed E-state index contributed by atoms with van der Waals surface area (Å²) in [4.78, 5) is 25.5. The lowest BCUT2D eigenvalue weighted by Gasteiger charge is -2.13. The van der Waals surface area contributed by atoms with Crippen molar-refractivity contribution >= 4 is 33.4 Å². The van der Waals surface area contributed by atoms with E-state index in [0.29, 0.717) is 22.6 Å². The second kappa shape index (κ2) is 8.13. The van der Waals surface area contributed by atoms with Crippen LogP contribution >= 0.6 is 0 Å². The van der Waals surface area contributed by atoms with Crippen molar-refractivity contribution in [1.29, 1.82) is 0 Å². The minimum atomic E-state index is -0.481. The molecule has 0 bridgehead atoms. The van der Waals surface area contributed by atoms with Crippen molar-refractivity contribution in [2.75, 3.05) is 14.2 Å². The van der Waals surface area contributed by atoms with Gasteiger partial charge in [0.25, 0.3) is 11.8 Å². The van der Waals surface area contributed by atoms with Gasteiger partial charge < -0.3 is 9.47 Å². The second-order valence-electron chi connectivity index (χ2n) is 6.71. The van der Waals surface area contributed by atoms with Gasteiger partial charge in [-0.3, -0.25) is 20.4 Å². The molecular formula is C24H20N2O4. The van der Waals surface area contributed by atoms with Crippen molar-refractivity contribution in [2.24, 2.45) is 0 Å². The first-order chi connectivity index (χ1) is 14.6. The number of rotatable bonds is 4. The lowest BCUT2D eigenvalue weighted by atomic mass is 10.1. The molecule has 0 spiro atoms. The molecule has 4 aromatic rings. The van der Waals surface area contributed by atoms with Crippen molar-refractivity contribution in [3.05, 3.63) is 83.9 Å². The molecule has 2 N–H and O–H groups in total. The van der Waals surface area contributed by atoms with Gasteiger partial charge in [-0.05, 0) is 45.8 Å². The molecule has 4 rings (SSSR count). The molecule has 6 heteroatoms. The number of hydrazine groups is 1. The fourth-order valence-electron chi connectivity index (χ4n) is 3.38. The van der Waals surface area contributed by atoms with Crippen molar-refractivity contribution in [3.8, 4) is 11.5 Å². The number of hydrogen-bond donors (Lipinski definition) is 2. The Morgan fingerprint density at radius 2 is 0.933 bits per heavy atom. The molecule has 4 aromatic carbocycles. The molecule has 0 aliphatic carbocycles. The summed E-state index contributed by atoms with van der Waals surface area (Å²) in [6, 6.07) is 22.3. The van der Waals surface area contributed by atoms with Gasteiger partial charge in [0.2, 0.25) is 0 Å². The third kappa shape index (κ3) is 3.63. The minimum absolute atomic E-state index is 0.321. The summed E-state index contributed by atoms with van der Waals surface area (Å²) in [5.74, 6) is -0.121. The Hall–Kier alpha value is -4.06. The van der Waals surface area contributed by atoms with Crippen molar-refractivity contribution in [2.45, 2.75) is 0 Å². The molecule has 0 aromatic heterocycles. The van der Waals surface area contributed by atoms with Gasteiger partial charge in [0.1, 0.15) is 11.5 Å². The molecule has 0 fully saturated rings. The van der Waals surface area contributed by atoms with Gasteiger partial charge in [0, 0.05) is 0 Å². The average Bonchev–Trinajstić information content (AvgIpc) is 2.80. The van der Waals surface area contributed by atoms with E-state index >= 15 is 0 Å². The van der Waals surface area contributed by atoms with E-state index in [4.69, 9.17) is 9.47 Å². The lowest BCUT2D eigenvalue weighted by Crippen LogP contribution is -2.41. The Morgan fingerprint density at radius 1 is 0.600 bits per heavy atom. The first-order valence-corrected chi connectivity index (χ1v) is 9.35. The zero-order valence-electron chi connectivity index (χ0n) is 16.6. The number of nitrogens with one attached hydrogen (secondary N) is 2. The van der Waals surface area contributed by atoms with Gasteiger partial charge >= 0.3 is 0 Å². The Bertz CT molecular complexity index is 1170. The molecule has 0 saturated carbocycles. The van der Waals surface area contributed by atoms with E-state index in [9.17, 15) is 9.59 Å². The van der Waals surface area contributed by atoms with E-state index in [1.54, 1.807) is 24.3 Å². The monoisotopic (exact) mass is 400 g/mol. The van der Waals surface area contributed by atoms with Gasteiger partial charge in [-0.1, -0.05) is 48.5 Å². The van der Waals surface area contributed by atoms with Gasteiger partial charge in [-0.2, -0.15) is 0 Å². The SMILES string of the molecule is COc1cc2ccccc2cc1C(=O)NNC(=O)c1cc2ccccc2cc1OC. The maximum Gasteiger partial charge on any atom is 0.273 e. The summed E-state index contributed by atoms with van der Waals surface area (Å²) >= 11 is 0. The molecule has 150 valence electrons. The summed E-state index contributed by atoms with van der Waals surface area (Å²) in [5, 5.41) is 3.70. The van der Waals surface area contributed by atoms with Gasteiger partial charge in [0.15, 0.2) is 0 Å². The zero-order valence-corrected chi connectivity index (χ0v) is 16.6. The number of methoxy groups -OCH3 is 2. The maximum atomic E-state index is 12.7. The largest absolute Gasteiger partial charge is 0.496 e. The molecule has 6 nitrogen and oxygen atoms in total. The molecule has 0 unspecified atom stereocenters. The Labute approximate surface area is 173 Å². The predicted octanol–water partition coefficient (Wildman–Crippen LogP) is 4.09. The molecule has 0 aliphatic heterocycles. The molecule has 0 saturated heterocycles. The quantitative estimate of drug-likeness (QED) is 0.506. The number of benzene rings is 4. The van der Waals surface area contributed by atoms with Crippen molar-refractivity contribution in [1.82, 2.24) is 10.9 Å². The van der Waals surface area contributed by atoms with Gasteiger partial charge in [0.05, 0.1) is 25.3 Å². The molecule has 2 amide bonds. The highest BCUT2D eigenvalue weighted by Crippen LogP contribution is 2.27. The fraction of sp³-hybridized carbons (Fsp3) is 0.0833. The molecule has 0 aliphatic rings. The molecule has 0 radical (unpaired) electrons. The second-order valence-corrected chi connectivity index (χ2v) is 6.71. The van der Waals surface area contributed by atoms with Crippen LogP contribution in [0.3, 0.4) is 0 Å². The summed E-state index contributed by atoms with van der Waals surface area (Å²) in [6.45, 7) is 0. The number of carbonyl (C=O) groups excluding carboxylic acids is 2. The summed E-state index contributed by atoms with van der Waals surface area (Å²) in [7, 11) is 3.00. The van der Waals surface area contributed by atoms with E-state index < -0.39 is 11.8 Å². The summed E-state index contributed by atoms with van der Waals surface area (Å²) < 4.78 is 10.7. The zero-order chi connectivity index (χ0) is 21.1. The number of fused-ring (bicyclic) bond motifs is 2. The maximum absolute atomic E-state index is 12.7. The van der Waals surface area contributed by atoms with Crippen LogP contribution in [0.4, 0.5) is 0 Å². The Morgan fingerprint density at radius 3 is 1.27 bits per heavy atom. The fourth-order valence-corrected chi connectivity index (χ4v) is 3.38. The van der Waals surface area contributed by atoms with Crippen LogP contribution in [0.15, 0.2) is 72.8 Å². The van der Waals surface area contributed by atoms with Gasteiger partial charge in [-0.25, -0.2) is 0 Å². The minimum Gasteiger partial charge on any atom is -0.496 e. The standard InChI is InChI=1S/C24H20N2O4/c1-29-21-13-17-9-5-3-7-15(17)11-19(21)23(27)25-26-24(28)20-12-16-8-4-6-10-18(16)14-22(20)30-2/h3-14H,1-2H3,(H,25,27)(H,26,28). The van der Waals surface area contributed by atoms with Crippen LogP contribution in [0.25, 0.3) is 21.5 Å². The van der Waals surface area contributed by atoms with E-state index in [0.717, 1.165) is 21.5 Å². The molecule has 0 atom stereocenters. The Balaban J connectivity index is 1.58. The first kappa shape index (κ1) is 19.3. The smallest absolute Gasteiger partial charge is 0.273 e. The van der Waals surface area contributed by atoms with Crippen LogP contribution < -0.4 is 20.3 Å². The van der Waals surface area contributed by atoms with Crippen molar-refractivity contribution < 1.29 is 19.1 Å². The Kier molecular flexibility index (Phi) is 5.22. The topological polar surface area (TPSA) is 76.7 Å². The highest BCUT2D eigenvalue weighted by molar-refractivity contribution is 6.05. The number of hydrogen-bond acceptors (Lipinski definition) is 4. The highest BCUT2D eigenvalue weighted by Gasteiger charge is 2.17. The van der Waals surface area contributed by atoms with Crippen LogP contribution in [-0.2, 0) is 0 Å². The highest BCUT2D eigenvalue weighted by atomic mass is 16.5. The third-order valence-electron chi connectivity index (χ3n) is 4.91. The van der Waals surface area contributed by atoms with Crippen LogP contribution in [0.1, 0.15) is 20.7 Å². The average molecular weight is 400 g/mol. The van der Waals surface area contributed by atoms with Crippen LogP contribution in [0.2, 0.25) is 0 Å².